The minimum atomic E-state index is -1.01. The summed E-state index contributed by atoms with van der Waals surface area (Å²) in [5.74, 6) is -2.19. The molecular formula is C44H60O8. The summed E-state index contributed by atoms with van der Waals surface area (Å²) in [5, 5.41) is 19.3. The van der Waals surface area contributed by atoms with E-state index in [4.69, 9.17) is 9.47 Å². The van der Waals surface area contributed by atoms with Crippen molar-refractivity contribution < 1.29 is 38.9 Å². The predicted octanol–water partition coefficient (Wildman–Crippen LogP) is 9.29. The number of carbonyl (C=O) groups is 4. The molecule has 8 atom stereocenters. The number of esters is 2. The number of aliphatic carboxylic acids is 2. The fourth-order valence-corrected chi connectivity index (χ4v) is 13.0. The highest BCUT2D eigenvalue weighted by molar-refractivity contribution is 6.01. The van der Waals surface area contributed by atoms with Gasteiger partial charge in [0.2, 0.25) is 0 Å². The number of carboxylic acids is 2. The molecule has 8 nitrogen and oxygen atoms in total. The Morgan fingerprint density at radius 3 is 1.96 bits per heavy atom. The van der Waals surface area contributed by atoms with E-state index in [2.05, 4.69) is 60.6 Å². The summed E-state index contributed by atoms with van der Waals surface area (Å²) < 4.78 is 12.2. The molecule has 284 valence electrons. The van der Waals surface area contributed by atoms with Crippen molar-refractivity contribution in [1.29, 1.82) is 0 Å². The van der Waals surface area contributed by atoms with Gasteiger partial charge >= 0.3 is 23.9 Å². The second kappa shape index (κ2) is 12.4. The lowest BCUT2D eigenvalue weighted by Gasteiger charge is -2.69. The second-order valence-corrected chi connectivity index (χ2v) is 19.7. The summed E-state index contributed by atoms with van der Waals surface area (Å²) in [6.07, 6.45) is 17.0. The normalized spacial score (nSPS) is 40.8. The van der Waals surface area contributed by atoms with Crippen LogP contribution >= 0.6 is 0 Å². The quantitative estimate of drug-likeness (QED) is 0.250. The van der Waals surface area contributed by atoms with Gasteiger partial charge in [-0.05, 0) is 135 Å². The molecule has 0 heterocycles. The number of carbonyl (C=O) groups excluding carboxylic acids is 2. The van der Waals surface area contributed by atoms with Crippen molar-refractivity contribution in [2.24, 2.45) is 44.3 Å². The molecule has 3 fully saturated rings. The summed E-state index contributed by atoms with van der Waals surface area (Å²) >= 11 is 0. The van der Waals surface area contributed by atoms with Crippen molar-refractivity contribution in [3.05, 3.63) is 45.6 Å². The Morgan fingerprint density at radius 2 is 1.33 bits per heavy atom. The van der Waals surface area contributed by atoms with E-state index in [-0.39, 0.29) is 49.7 Å². The lowest BCUT2D eigenvalue weighted by atomic mass is 9.35. The number of allylic oxidation sites excluding steroid dienone is 4. The van der Waals surface area contributed by atoms with E-state index in [1.807, 2.05) is 0 Å². The number of hydrogen-bond donors (Lipinski definition) is 2. The highest BCUT2D eigenvalue weighted by atomic mass is 16.5. The first kappa shape index (κ1) is 37.2. The molecular weight excluding hydrogens is 656 g/mol. The topological polar surface area (TPSA) is 127 Å². The maximum atomic E-state index is 13.4. The highest BCUT2D eigenvalue weighted by Gasteiger charge is 2.67. The van der Waals surface area contributed by atoms with E-state index in [1.54, 1.807) is 0 Å². The fraction of sp³-hybridized carbons (Fsp3) is 0.727. The zero-order chi connectivity index (χ0) is 37.6. The van der Waals surface area contributed by atoms with Crippen molar-refractivity contribution in [1.82, 2.24) is 0 Å². The zero-order valence-electron chi connectivity index (χ0n) is 32.5. The molecule has 0 bridgehead atoms. The fourth-order valence-electron chi connectivity index (χ4n) is 13.0. The first-order valence-electron chi connectivity index (χ1n) is 20.0. The van der Waals surface area contributed by atoms with Crippen molar-refractivity contribution in [2.45, 2.75) is 151 Å². The Kier molecular flexibility index (Phi) is 8.89. The van der Waals surface area contributed by atoms with Gasteiger partial charge in [0.15, 0.2) is 0 Å². The molecule has 0 aromatic heterocycles. The van der Waals surface area contributed by atoms with E-state index in [0.29, 0.717) is 68.1 Å². The monoisotopic (exact) mass is 716 g/mol. The number of carboxylic acid groups (broad SMARTS) is 2. The van der Waals surface area contributed by atoms with Crippen LogP contribution in [0, 0.1) is 44.3 Å². The highest BCUT2D eigenvalue weighted by Crippen LogP contribution is 2.74. The van der Waals surface area contributed by atoms with Gasteiger partial charge in [-0.25, -0.2) is 19.2 Å². The molecule has 6 unspecified atom stereocenters. The number of rotatable bonds is 7. The van der Waals surface area contributed by atoms with Gasteiger partial charge in [-0.1, -0.05) is 66.2 Å². The van der Waals surface area contributed by atoms with Crippen LogP contribution in [-0.4, -0.2) is 46.8 Å². The van der Waals surface area contributed by atoms with Gasteiger partial charge in [-0.2, -0.15) is 0 Å². The molecule has 0 aliphatic heterocycles. The average Bonchev–Trinajstić information content (AvgIpc) is 3.78. The van der Waals surface area contributed by atoms with E-state index >= 15 is 0 Å². The van der Waals surface area contributed by atoms with Gasteiger partial charge in [0.25, 0.3) is 0 Å². The smallest absolute Gasteiger partial charge is 0.334 e. The Morgan fingerprint density at radius 1 is 0.731 bits per heavy atom. The molecule has 0 amide bonds. The molecule has 2 N–H and O–H groups in total. The van der Waals surface area contributed by atoms with Crippen LogP contribution < -0.4 is 0 Å². The predicted molar refractivity (Wildman–Crippen MR) is 197 cm³/mol. The zero-order valence-corrected chi connectivity index (χ0v) is 32.5. The molecule has 0 aromatic carbocycles. The van der Waals surface area contributed by atoms with Crippen LogP contribution in [0.5, 0.6) is 0 Å². The number of ether oxygens (including phenoxy) is 2. The minimum absolute atomic E-state index is 0.00907. The van der Waals surface area contributed by atoms with Gasteiger partial charge < -0.3 is 19.7 Å². The largest absolute Gasteiger partial charge is 0.478 e. The molecule has 0 spiro atoms. The van der Waals surface area contributed by atoms with Crippen LogP contribution in [0.25, 0.3) is 0 Å². The molecule has 0 radical (unpaired) electrons. The Balaban J connectivity index is 1.15. The van der Waals surface area contributed by atoms with Gasteiger partial charge in [0.1, 0.15) is 6.10 Å². The average molecular weight is 717 g/mol. The molecule has 8 heteroatoms. The van der Waals surface area contributed by atoms with Crippen molar-refractivity contribution in [3.8, 4) is 0 Å². The second-order valence-electron chi connectivity index (χ2n) is 19.7. The van der Waals surface area contributed by atoms with Crippen LogP contribution in [-0.2, 0) is 28.7 Å². The van der Waals surface area contributed by atoms with Crippen LogP contribution in [0.4, 0.5) is 0 Å². The van der Waals surface area contributed by atoms with E-state index in [1.165, 1.54) is 11.1 Å². The lowest BCUT2D eigenvalue weighted by molar-refractivity contribution is -0.197. The van der Waals surface area contributed by atoms with Crippen molar-refractivity contribution in [2.75, 3.05) is 6.61 Å². The molecule has 7 aliphatic rings. The summed E-state index contributed by atoms with van der Waals surface area (Å²) in [7, 11) is 0. The van der Waals surface area contributed by atoms with Gasteiger partial charge in [-0.15, -0.1) is 0 Å². The number of hydrogen-bond acceptors (Lipinski definition) is 6. The van der Waals surface area contributed by atoms with Crippen LogP contribution in [0.1, 0.15) is 145 Å². The molecule has 0 saturated heterocycles. The first-order chi connectivity index (χ1) is 24.3. The van der Waals surface area contributed by atoms with Gasteiger partial charge in [0.05, 0.1) is 6.61 Å². The summed E-state index contributed by atoms with van der Waals surface area (Å²) in [5.41, 5.74) is 3.85. The lowest BCUT2D eigenvalue weighted by Crippen LogP contribution is -2.63. The Labute approximate surface area is 309 Å². The molecule has 7 aliphatic carbocycles. The third-order valence-corrected chi connectivity index (χ3v) is 16.5. The standard InChI is InChI=1S/C44H60O8/c1-39(2)32-16-19-44(7)33(42(32,5)18-17-34(39)52-38(50)29-13-9-11-27(29)36(47)48)15-14-30-31-24-40(3,20-21-41(31,4)22-23-43(30,44)6)25-51-37(49)28-12-8-10-26(28)35(45)46/h14-15,32-34H,8-13,16-25H2,1-7H3,(H,45,46)(H,47,48)/t32?,33?,34?,40-,41?,42?,43+,44?/m0/s1. The van der Waals surface area contributed by atoms with E-state index in [0.717, 1.165) is 57.8 Å². The minimum Gasteiger partial charge on any atom is -0.478 e. The summed E-state index contributed by atoms with van der Waals surface area (Å²) in [6.45, 7) is 17.1. The molecule has 52 heavy (non-hydrogen) atoms. The summed E-state index contributed by atoms with van der Waals surface area (Å²) in [6, 6.07) is 0. The van der Waals surface area contributed by atoms with Crippen molar-refractivity contribution in [3.63, 3.8) is 0 Å². The SMILES string of the molecule is CC12CC[C@](C)(COC(=O)C3=C(C(=O)O)CCC3)CC1=C1C=CC3C4(C)CCC(OC(=O)C5=C(C(=O)O)CCC5)C(C)(C)C4CCC3(C)[C@]1(C)CC2. The van der Waals surface area contributed by atoms with Gasteiger partial charge in [-0.3, -0.25) is 0 Å². The van der Waals surface area contributed by atoms with Crippen LogP contribution in [0.15, 0.2) is 45.6 Å². The summed E-state index contributed by atoms with van der Waals surface area (Å²) in [4.78, 5) is 50.0. The Hall–Kier alpha value is -3.16. The Bertz CT molecular complexity index is 1730. The maximum absolute atomic E-state index is 13.4. The van der Waals surface area contributed by atoms with E-state index in [9.17, 15) is 29.4 Å². The molecule has 7 rings (SSSR count). The molecule has 3 saturated carbocycles. The third kappa shape index (κ3) is 5.49. The molecule has 0 aromatic rings. The van der Waals surface area contributed by atoms with Crippen LogP contribution in [0.2, 0.25) is 0 Å². The van der Waals surface area contributed by atoms with Crippen molar-refractivity contribution >= 4 is 23.9 Å². The first-order valence-corrected chi connectivity index (χ1v) is 20.0. The maximum Gasteiger partial charge on any atom is 0.334 e. The third-order valence-electron chi connectivity index (χ3n) is 16.5. The van der Waals surface area contributed by atoms with E-state index < -0.39 is 23.9 Å². The number of fused-ring (bicyclic) bond motifs is 6. The van der Waals surface area contributed by atoms with Crippen LogP contribution in [0.3, 0.4) is 0 Å². The van der Waals surface area contributed by atoms with Gasteiger partial charge in [0, 0.05) is 33.1 Å².